The van der Waals surface area contributed by atoms with Crippen molar-refractivity contribution in [2.75, 3.05) is 18.1 Å². The fourth-order valence-corrected chi connectivity index (χ4v) is 2.73. The first-order valence-corrected chi connectivity index (χ1v) is 8.33. The largest absolute Gasteiger partial charge is 0.305 e. The van der Waals surface area contributed by atoms with Crippen molar-refractivity contribution in [1.29, 1.82) is 0 Å². The lowest BCUT2D eigenvalue weighted by Gasteiger charge is -2.19. The Kier molecular flexibility index (Phi) is 5.89. The molecule has 2 aromatic rings. The van der Waals surface area contributed by atoms with E-state index in [0.29, 0.717) is 11.5 Å². The van der Waals surface area contributed by atoms with E-state index in [-0.39, 0.29) is 6.04 Å². The van der Waals surface area contributed by atoms with Crippen molar-refractivity contribution in [1.82, 2.24) is 10.3 Å². The summed E-state index contributed by atoms with van der Waals surface area (Å²) in [5.74, 6) is 1.40. The van der Waals surface area contributed by atoms with Gasteiger partial charge in [-0.15, -0.1) is 0 Å². The highest BCUT2D eigenvalue weighted by Gasteiger charge is 2.13. The second-order valence-corrected chi connectivity index (χ2v) is 6.38. The zero-order chi connectivity index (χ0) is 14.2. The van der Waals surface area contributed by atoms with E-state index in [2.05, 4.69) is 22.4 Å². The van der Waals surface area contributed by atoms with Crippen molar-refractivity contribution < 1.29 is 4.21 Å². The number of nitrogens with one attached hydrogen (secondary N) is 1. The number of pyridine rings is 1. The van der Waals surface area contributed by atoms with Gasteiger partial charge in [-0.05, 0) is 23.3 Å². The van der Waals surface area contributed by atoms with Crippen LogP contribution in [0.5, 0.6) is 0 Å². The molecule has 1 aromatic carbocycles. The van der Waals surface area contributed by atoms with Crippen LogP contribution < -0.4 is 5.32 Å². The van der Waals surface area contributed by atoms with Crippen LogP contribution in [0.1, 0.15) is 24.1 Å². The van der Waals surface area contributed by atoms with Gasteiger partial charge in [-0.25, -0.2) is 0 Å². The molecule has 4 heteroatoms. The lowest BCUT2D eigenvalue weighted by atomic mass is 10.00. The van der Waals surface area contributed by atoms with Crippen LogP contribution in [-0.2, 0) is 10.8 Å². The lowest BCUT2D eigenvalue weighted by molar-refractivity contribution is 0.625. The minimum absolute atomic E-state index is 0.119. The van der Waals surface area contributed by atoms with Crippen LogP contribution in [-0.4, -0.2) is 27.2 Å². The molecule has 2 atom stereocenters. The molecule has 0 amide bonds. The van der Waals surface area contributed by atoms with E-state index in [4.69, 9.17) is 0 Å². The van der Waals surface area contributed by atoms with Gasteiger partial charge in [-0.1, -0.05) is 37.3 Å². The average molecular weight is 288 g/mol. The first-order chi connectivity index (χ1) is 9.81. The molecule has 2 unspecified atom stereocenters. The minimum Gasteiger partial charge on any atom is -0.305 e. The average Bonchev–Trinajstić information content (AvgIpc) is 2.53. The Hall–Kier alpha value is -1.52. The van der Waals surface area contributed by atoms with Crippen LogP contribution in [0.4, 0.5) is 0 Å². The highest BCUT2D eigenvalue weighted by Crippen LogP contribution is 2.20. The Morgan fingerprint density at radius 2 is 1.75 bits per heavy atom. The van der Waals surface area contributed by atoms with Gasteiger partial charge in [-0.2, -0.15) is 0 Å². The smallest absolute Gasteiger partial charge is 0.0578 e. The molecule has 0 spiro atoms. The molecule has 0 aliphatic rings. The highest BCUT2D eigenvalue weighted by molar-refractivity contribution is 7.84. The molecule has 0 fully saturated rings. The second kappa shape index (κ2) is 7.92. The number of hydrogen-bond acceptors (Lipinski definition) is 3. The Bertz CT molecular complexity index is 491. The van der Waals surface area contributed by atoms with Gasteiger partial charge in [0.2, 0.25) is 0 Å². The predicted octanol–water partition coefficient (Wildman–Crippen LogP) is 2.53. The van der Waals surface area contributed by atoms with Gasteiger partial charge < -0.3 is 5.32 Å². The van der Waals surface area contributed by atoms with Crippen LogP contribution >= 0.6 is 0 Å². The van der Waals surface area contributed by atoms with Crippen molar-refractivity contribution >= 4 is 10.8 Å². The molecule has 1 aromatic heterocycles. The van der Waals surface area contributed by atoms with Crippen molar-refractivity contribution in [2.24, 2.45) is 0 Å². The standard InChI is InChI=1S/C16H20N2OS/c1-2-20(19)13-12-18-16(14-6-4-3-5-7-14)15-8-10-17-11-9-15/h3-11,16,18H,2,12-13H2,1H3. The highest BCUT2D eigenvalue weighted by atomic mass is 32.2. The molecule has 0 aliphatic heterocycles. The zero-order valence-corrected chi connectivity index (χ0v) is 12.5. The maximum absolute atomic E-state index is 11.5. The summed E-state index contributed by atoms with van der Waals surface area (Å²) in [6, 6.07) is 14.4. The molecular formula is C16H20N2OS. The first-order valence-electron chi connectivity index (χ1n) is 6.84. The van der Waals surface area contributed by atoms with Gasteiger partial charge in [0, 0.05) is 41.2 Å². The minimum atomic E-state index is -0.731. The summed E-state index contributed by atoms with van der Waals surface area (Å²) in [7, 11) is -0.731. The maximum atomic E-state index is 11.5. The van der Waals surface area contributed by atoms with Gasteiger partial charge in [0.05, 0.1) is 6.04 Å². The molecule has 1 heterocycles. The molecule has 0 bridgehead atoms. The van der Waals surface area contributed by atoms with Crippen molar-refractivity contribution in [2.45, 2.75) is 13.0 Å². The van der Waals surface area contributed by atoms with Gasteiger partial charge >= 0.3 is 0 Å². The summed E-state index contributed by atoms with van der Waals surface area (Å²) in [5.41, 5.74) is 2.38. The lowest BCUT2D eigenvalue weighted by Crippen LogP contribution is -2.27. The zero-order valence-electron chi connectivity index (χ0n) is 11.7. The Morgan fingerprint density at radius 3 is 2.40 bits per heavy atom. The van der Waals surface area contributed by atoms with E-state index >= 15 is 0 Å². The van der Waals surface area contributed by atoms with Crippen molar-refractivity contribution in [3.63, 3.8) is 0 Å². The third-order valence-corrected chi connectivity index (χ3v) is 4.48. The Labute approximate surface area is 122 Å². The number of hydrogen-bond donors (Lipinski definition) is 1. The van der Waals surface area contributed by atoms with Gasteiger partial charge in [0.15, 0.2) is 0 Å². The quantitative estimate of drug-likeness (QED) is 0.851. The van der Waals surface area contributed by atoms with E-state index in [1.165, 1.54) is 11.1 Å². The molecule has 106 valence electrons. The molecular weight excluding hydrogens is 268 g/mol. The summed E-state index contributed by atoms with van der Waals surface area (Å²) < 4.78 is 11.5. The number of benzene rings is 1. The SMILES string of the molecule is CCS(=O)CCNC(c1ccccc1)c1ccncc1. The van der Waals surface area contributed by atoms with E-state index in [1.54, 1.807) is 12.4 Å². The molecule has 2 rings (SSSR count). The van der Waals surface area contributed by atoms with Gasteiger partial charge in [0.1, 0.15) is 0 Å². The van der Waals surface area contributed by atoms with Crippen LogP contribution in [0, 0.1) is 0 Å². The second-order valence-electron chi connectivity index (χ2n) is 4.51. The summed E-state index contributed by atoms with van der Waals surface area (Å²) in [6.07, 6.45) is 3.61. The summed E-state index contributed by atoms with van der Waals surface area (Å²) in [5, 5.41) is 3.50. The molecule has 0 radical (unpaired) electrons. The van der Waals surface area contributed by atoms with E-state index in [1.807, 2.05) is 37.3 Å². The fourth-order valence-electron chi connectivity index (χ4n) is 2.09. The molecule has 0 saturated heterocycles. The molecule has 3 nitrogen and oxygen atoms in total. The van der Waals surface area contributed by atoms with Gasteiger partial charge in [-0.3, -0.25) is 9.19 Å². The Balaban J connectivity index is 2.11. The topological polar surface area (TPSA) is 42.0 Å². The van der Waals surface area contributed by atoms with Crippen molar-refractivity contribution in [3.05, 3.63) is 66.0 Å². The summed E-state index contributed by atoms with van der Waals surface area (Å²) >= 11 is 0. The molecule has 20 heavy (non-hydrogen) atoms. The van der Waals surface area contributed by atoms with Crippen LogP contribution in [0.3, 0.4) is 0 Å². The summed E-state index contributed by atoms with van der Waals surface area (Å²) in [4.78, 5) is 4.07. The normalized spacial score (nSPS) is 13.8. The maximum Gasteiger partial charge on any atom is 0.0578 e. The van der Waals surface area contributed by atoms with Crippen LogP contribution in [0.15, 0.2) is 54.9 Å². The van der Waals surface area contributed by atoms with E-state index in [0.717, 1.165) is 6.54 Å². The molecule has 0 aliphatic carbocycles. The van der Waals surface area contributed by atoms with Gasteiger partial charge in [0.25, 0.3) is 0 Å². The van der Waals surface area contributed by atoms with Crippen molar-refractivity contribution in [3.8, 4) is 0 Å². The summed E-state index contributed by atoms with van der Waals surface area (Å²) in [6.45, 7) is 2.69. The van der Waals surface area contributed by atoms with E-state index in [9.17, 15) is 4.21 Å². The third-order valence-electron chi connectivity index (χ3n) is 3.17. The third kappa shape index (κ3) is 4.25. The van der Waals surface area contributed by atoms with Crippen LogP contribution in [0.2, 0.25) is 0 Å². The predicted molar refractivity (Wildman–Crippen MR) is 84.1 cm³/mol. The molecule has 0 saturated carbocycles. The fraction of sp³-hybridized carbons (Fsp3) is 0.312. The van der Waals surface area contributed by atoms with E-state index < -0.39 is 10.8 Å². The molecule has 1 N–H and O–H groups in total. The monoisotopic (exact) mass is 288 g/mol. The Morgan fingerprint density at radius 1 is 1.10 bits per heavy atom. The number of nitrogens with zero attached hydrogens (tertiary/aromatic N) is 1. The number of rotatable bonds is 7. The first kappa shape index (κ1) is 14.9. The van der Waals surface area contributed by atoms with Crippen LogP contribution in [0.25, 0.3) is 0 Å². The number of aromatic nitrogens is 1.